The summed E-state index contributed by atoms with van der Waals surface area (Å²) in [6.07, 6.45) is 0.580. The van der Waals surface area contributed by atoms with E-state index in [1.165, 1.54) is 23.9 Å². The minimum Gasteiger partial charge on any atom is -0.496 e. The Kier molecular flexibility index (Phi) is 12.8. The van der Waals surface area contributed by atoms with Crippen LogP contribution in [0.1, 0.15) is 24.8 Å². The first kappa shape index (κ1) is 43.2. The van der Waals surface area contributed by atoms with Crippen molar-refractivity contribution in [2.45, 2.75) is 50.0 Å². The van der Waals surface area contributed by atoms with Crippen LogP contribution in [-0.2, 0) is 28.0 Å². The molecule has 5 heterocycles. The molecule has 2 aromatic heterocycles. The van der Waals surface area contributed by atoms with Crippen LogP contribution in [0.25, 0.3) is 21.9 Å². The van der Waals surface area contributed by atoms with Gasteiger partial charge in [0.25, 0.3) is 11.5 Å². The molecule has 3 saturated heterocycles. The number of likely N-dealkylation sites (tertiary alicyclic amines) is 1. The van der Waals surface area contributed by atoms with E-state index in [2.05, 4.69) is 15.6 Å². The number of rotatable bonds is 8. The average Bonchev–Trinajstić information content (AvgIpc) is 3.18. The van der Waals surface area contributed by atoms with E-state index in [9.17, 15) is 27.6 Å². The van der Waals surface area contributed by atoms with Crippen LogP contribution >= 0.6 is 11.6 Å². The minimum absolute atomic E-state index is 0.171. The number of aromatic nitrogens is 2. The number of benzene rings is 2. The molecule has 7 rings (SSSR count). The maximum atomic E-state index is 15.9. The maximum absolute atomic E-state index is 15.9. The fraction of sp³-hybridized carbons (Fsp3) is 0.410. The number of anilines is 2. The largest absolute Gasteiger partial charge is 0.496 e. The number of aryl methyl sites for hydroxylation is 1. The highest BCUT2D eigenvalue weighted by atomic mass is 35.5. The number of aliphatic carboxylic acids is 1. The fourth-order valence-corrected chi connectivity index (χ4v) is 7.88. The molecule has 59 heavy (non-hydrogen) atoms. The number of hydrogen-bond donors (Lipinski definition) is 3. The molecule has 0 bridgehead atoms. The van der Waals surface area contributed by atoms with Gasteiger partial charge in [-0.1, -0.05) is 11.6 Å². The number of pyridine rings is 2. The number of carboxylic acids is 1. The number of carboxylic acid groups (broad SMARTS) is 1. The molecule has 2 amide bonds. The van der Waals surface area contributed by atoms with Crippen LogP contribution in [0.3, 0.4) is 0 Å². The van der Waals surface area contributed by atoms with E-state index in [0.717, 1.165) is 11.1 Å². The summed E-state index contributed by atoms with van der Waals surface area (Å²) < 4.78 is 85.9. The average molecular weight is 852 g/mol. The SMILES string of the molecule is COc1cc(-c2cn(C)c(=O)c3cnccc23)cc(Cl)c1CN1CCC(N2CCN(c3ccc(NC4CCC(=O)NC4=O)cc3F)CC2)C(F)(F)C1.O=C(O)C(F)(F)F. The number of carbonyl (C=O) groups is 3. The lowest BCUT2D eigenvalue weighted by atomic mass is 9.96. The lowest BCUT2D eigenvalue weighted by Crippen LogP contribution is -2.61. The van der Waals surface area contributed by atoms with Crippen LogP contribution in [0.4, 0.5) is 37.7 Å². The molecule has 0 saturated carbocycles. The third-order valence-electron chi connectivity index (χ3n) is 10.6. The molecule has 3 fully saturated rings. The molecule has 316 valence electrons. The van der Waals surface area contributed by atoms with Gasteiger partial charge >= 0.3 is 12.1 Å². The summed E-state index contributed by atoms with van der Waals surface area (Å²) in [6, 6.07) is 8.39. The Morgan fingerprint density at radius 2 is 1.76 bits per heavy atom. The van der Waals surface area contributed by atoms with Crippen LogP contribution in [0.2, 0.25) is 5.02 Å². The van der Waals surface area contributed by atoms with Crippen molar-refractivity contribution in [2.75, 3.05) is 56.6 Å². The number of carbonyl (C=O) groups excluding carboxylic acids is 2. The number of nitrogens with one attached hydrogen (secondary N) is 2. The first-order chi connectivity index (χ1) is 27.9. The molecule has 2 unspecified atom stereocenters. The second-order valence-corrected chi connectivity index (χ2v) is 14.8. The molecule has 2 aromatic carbocycles. The third kappa shape index (κ3) is 9.74. The number of imide groups is 1. The van der Waals surface area contributed by atoms with E-state index < -0.39 is 48.4 Å². The van der Waals surface area contributed by atoms with Crippen molar-refractivity contribution in [1.29, 1.82) is 0 Å². The highest BCUT2D eigenvalue weighted by Crippen LogP contribution is 2.39. The van der Waals surface area contributed by atoms with Gasteiger partial charge in [-0.15, -0.1) is 0 Å². The zero-order valence-corrected chi connectivity index (χ0v) is 32.5. The Morgan fingerprint density at radius 3 is 2.39 bits per heavy atom. The van der Waals surface area contributed by atoms with Crippen LogP contribution in [0.15, 0.2) is 59.8 Å². The molecule has 13 nitrogen and oxygen atoms in total. The highest BCUT2D eigenvalue weighted by molar-refractivity contribution is 6.32. The fourth-order valence-electron chi connectivity index (χ4n) is 7.61. The number of fused-ring (bicyclic) bond motifs is 1. The lowest BCUT2D eigenvalue weighted by Gasteiger charge is -2.46. The second kappa shape index (κ2) is 17.4. The first-order valence-electron chi connectivity index (χ1n) is 18.5. The van der Waals surface area contributed by atoms with E-state index in [-0.39, 0.29) is 30.9 Å². The standard InChI is InChI=1S/C37H39ClF3N7O4.C2HF3O2/c1-45-19-26(24-7-9-42-18-25(24)36(45)51)22-15-28(38)27(32(16-22)52-2)20-46-10-8-33(37(40,41)21-46)48-13-11-47(12-14-48)31-5-3-23(17-29(31)39)43-30-4-6-34(49)44-35(30)50;3-2(4,5)1(6)7/h3,5,7,9,15-19,30,33,43H,4,6,8,10-14,20-21H2,1-2H3,(H,44,49,50);(H,6,7). The topological polar surface area (TPSA) is 149 Å². The summed E-state index contributed by atoms with van der Waals surface area (Å²) in [7, 11) is 3.18. The second-order valence-electron chi connectivity index (χ2n) is 14.4. The molecule has 3 aliphatic heterocycles. The quantitative estimate of drug-likeness (QED) is 0.157. The number of hydrogen-bond acceptors (Lipinski definition) is 10. The van der Waals surface area contributed by atoms with Crippen molar-refractivity contribution >= 4 is 51.5 Å². The molecule has 3 aliphatic rings. The van der Waals surface area contributed by atoms with Gasteiger partial charge < -0.3 is 24.6 Å². The van der Waals surface area contributed by atoms with Crippen molar-refractivity contribution in [3.63, 3.8) is 0 Å². The molecule has 3 N–H and O–H groups in total. The highest BCUT2D eigenvalue weighted by Gasteiger charge is 2.48. The predicted octanol–water partition coefficient (Wildman–Crippen LogP) is 5.28. The van der Waals surface area contributed by atoms with Gasteiger partial charge in [0, 0.05) is 93.2 Å². The molecule has 0 radical (unpaired) electrons. The summed E-state index contributed by atoms with van der Waals surface area (Å²) in [5.74, 6) is -6.54. The van der Waals surface area contributed by atoms with E-state index >= 15 is 13.2 Å². The van der Waals surface area contributed by atoms with Gasteiger partial charge in [-0.05, 0) is 60.2 Å². The maximum Gasteiger partial charge on any atom is 0.490 e. The predicted molar refractivity (Wildman–Crippen MR) is 206 cm³/mol. The van der Waals surface area contributed by atoms with Crippen molar-refractivity contribution in [2.24, 2.45) is 7.05 Å². The van der Waals surface area contributed by atoms with E-state index in [0.29, 0.717) is 77.6 Å². The van der Waals surface area contributed by atoms with Gasteiger partial charge in [0.1, 0.15) is 17.6 Å². The van der Waals surface area contributed by atoms with E-state index in [1.54, 1.807) is 53.5 Å². The Morgan fingerprint density at radius 1 is 1.05 bits per heavy atom. The van der Waals surface area contributed by atoms with Crippen LogP contribution in [0, 0.1) is 5.82 Å². The molecule has 4 aromatic rings. The van der Waals surface area contributed by atoms with Crippen molar-refractivity contribution in [3.8, 4) is 16.9 Å². The number of methoxy groups -OCH3 is 1. The van der Waals surface area contributed by atoms with Gasteiger partial charge in [0.2, 0.25) is 11.8 Å². The van der Waals surface area contributed by atoms with E-state index in [1.807, 2.05) is 11.0 Å². The number of piperidine rings is 2. The molecule has 2 atom stereocenters. The summed E-state index contributed by atoms with van der Waals surface area (Å²) in [5, 5.41) is 13.9. The first-order valence-corrected chi connectivity index (χ1v) is 18.8. The van der Waals surface area contributed by atoms with Crippen LogP contribution in [-0.4, -0.2) is 113 Å². The molecule has 20 heteroatoms. The van der Waals surface area contributed by atoms with Crippen molar-refractivity contribution in [3.05, 3.63) is 81.7 Å². The number of nitrogens with zero attached hydrogens (tertiary/aromatic N) is 5. The molecule has 0 spiro atoms. The van der Waals surface area contributed by atoms with Gasteiger partial charge in [-0.25, -0.2) is 18.0 Å². The number of piperazine rings is 1. The zero-order chi connectivity index (χ0) is 42.8. The minimum atomic E-state index is -5.08. The van der Waals surface area contributed by atoms with Gasteiger partial charge in [-0.3, -0.25) is 34.5 Å². The lowest BCUT2D eigenvalue weighted by molar-refractivity contribution is -0.192. The van der Waals surface area contributed by atoms with Crippen LogP contribution < -0.4 is 25.8 Å². The molecule has 0 aliphatic carbocycles. The Balaban J connectivity index is 0.000000768. The summed E-state index contributed by atoms with van der Waals surface area (Å²) >= 11 is 6.82. The number of ether oxygens (including phenoxy) is 1. The van der Waals surface area contributed by atoms with Gasteiger partial charge in [0.15, 0.2) is 0 Å². The monoisotopic (exact) mass is 851 g/mol. The molecular formula is C39H40ClF6N7O6. The van der Waals surface area contributed by atoms with Crippen molar-refractivity contribution in [1.82, 2.24) is 24.7 Å². The van der Waals surface area contributed by atoms with Crippen molar-refractivity contribution < 1.29 is 50.6 Å². The normalized spacial score (nSPS) is 20.1. The number of alkyl halides is 5. The molecular weight excluding hydrogens is 812 g/mol. The Bertz CT molecular complexity index is 2300. The zero-order valence-electron chi connectivity index (χ0n) is 31.8. The van der Waals surface area contributed by atoms with Crippen LogP contribution in [0.5, 0.6) is 5.75 Å². The smallest absolute Gasteiger partial charge is 0.490 e. The number of amides is 2. The third-order valence-corrected chi connectivity index (χ3v) is 10.9. The summed E-state index contributed by atoms with van der Waals surface area (Å²) in [5.41, 5.74) is 2.71. The number of halogens is 7. The van der Waals surface area contributed by atoms with Gasteiger partial charge in [-0.2, -0.15) is 13.2 Å². The van der Waals surface area contributed by atoms with Gasteiger partial charge in [0.05, 0.1) is 30.8 Å². The summed E-state index contributed by atoms with van der Waals surface area (Å²) in [6.45, 7) is 1.62. The summed E-state index contributed by atoms with van der Waals surface area (Å²) in [4.78, 5) is 54.5. The van der Waals surface area contributed by atoms with E-state index in [4.69, 9.17) is 26.2 Å². The Hall–Kier alpha value is -5.40. The Labute approximate surface area is 338 Å².